The van der Waals surface area contributed by atoms with E-state index in [-0.39, 0.29) is 6.10 Å². The molecule has 0 spiro atoms. The molecule has 2 rings (SSSR count). The van der Waals surface area contributed by atoms with Crippen molar-refractivity contribution in [2.45, 2.75) is 51.6 Å². The summed E-state index contributed by atoms with van der Waals surface area (Å²) in [6.45, 7) is 2.05. The van der Waals surface area contributed by atoms with Crippen molar-refractivity contribution in [1.29, 1.82) is 0 Å². The van der Waals surface area contributed by atoms with E-state index in [1.807, 2.05) is 18.2 Å². The van der Waals surface area contributed by atoms with Crippen molar-refractivity contribution in [2.24, 2.45) is 5.92 Å². The average Bonchev–Trinajstić information content (AvgIpc) is 2.43. The van der Waals surface area contributed by atoms with Gasteiger partial charge in [0.2, 0.25) is 0 Å². The minimum Gasteiger partial charge on any atom is -0.490 e. The second-order valence-electron chi connectivity index (χ2n) is 5.56. The van der Waals surface area contributed by atoms with Crippen molar-refractivity contribution < 1.29 is 14.6 Å². The number of halogens is 1. The molecule has 1 aromatic carbocycles. The maximum atomic E-state index is 10.6. The van der Waals surface area contributed by atoms with Crippen molar-refractivity contribution in [3.05, 3.63) is 28.2 Å². The lowest BCUT2D eigenvalue weighted by atomic mass is 9.84. The summed E-state index contributed by atoms with van der Waals surface area (Å²) in [6.07, 6.45) is 5.56. The quantitative estimate of drug-likeness (QED) is 0.854. The van der Waals surface area contributed by atoms with Crippen LogP contribution < -0.4 is 4.74 Å². The van der Waals surface area contributed by atoms with Crippen molar-refractivity contribution in [2.75, 3.05) is 0 Å². The Morgan fingerprint density at radius 2 is 2.05 bits per heavy atom. The van der Waals surface area contributed by atoms with E-state index in [4.69, 9.17) is 9.84 Å². The minimum atomic E-state index is -0.687. The third kappa shape index (κ3) is 4.23. The summed E-state index contributed by atoms with van der Waals surface area (Å²) in [7, 11) is 0. The third-order valence-electron chi connectivity index (χ3n) is 4.07. The van der Waals surface area contributed by atoms with Gasteiger partial charge in [0.25, 0.3) is 0 Å². The van der Waals surface area contributed by atoms with Crippen molar-refractivity contribution in [3.8, 4) is 5.75 Å². The molecule has 0 radical (unpaired) electrons. The van der Waals surface area contributed by atoms with E-state index >= 15 is 0 Å². The van der Waals surface area contributed by atoms with E-state index in [1.54, 1.807) is 0 Å². The highest BCUT2D eigenvalue weighted by Gasteiger charge is 2.23. The zero-order valence-corrected chi connectivity index (χ0v) is 13.4. The first-order valence-electron chi connectivity index (χ1n) is 7.20. The van der Waals surface area contributed by atoms with Crippen LogP contribution in [0.2, 0.25) is 0 Å². The first-order chi connectivity index (χ1) is 9.56. The fourth-order valence-electron chi connectivity index (χ4n) is 2.76. The zero-order valence-electron chi connectivity index (χ0n) is 11.8. The molecule has 1 aliphatic rings. The molecule has 0 aliphatic heterocycles. The number of rotatable bonds is 5. The minimum absolute atomic E-state index is 0.268. The monoisotopic (exact) mass is 340 g/mol. The summed E-state index contributed by atoms with van der Waals surface area (Å²) in [5, 5.41) is 8.72. The van der Waals surface area contributed by atoms with Gasteiger partial charge in [0.15, 0.2) is 0 Å². The first kappa shape index (κ1) is 15.4. The van der Waals surface area contributed by atoms with Gasteiger partial charge in [-0.25, -0.2) is 0 Å². The standard InChI is InChI=1S/C16H21BrO3/c1-11-14(17)3-2-4-15(11)20-13-8-5-12(6-9-13)7-10-16(18)19/h2-4,12-13H,5-10H2,1H3,(H,18,19). The van der Waals surface area contributed by atoms with E-state index in [9.17, 15) is 4.79 Å². The van der Waals surface area contributed by atoms with Gasteiger partial charge in [0, 0.05) is 16.5 Å². The second-order valence-corrected chi connectivity index (χ2v) is 6.41. The summed E-state index contributed by atoms with van der Waals surface area (Å²) in [5.41, 5.74) is 1.14. The van der Waals surface area contributed by atoms with Gasteiger partial charge in [0.05, 0.1) is 6.10 Å². The fraction of sp³-hybridized carbons (Fsp3) is 0.562. The van der Waals surface area contributed by atoms with E-state index in [0.29, 0.717) is 12.3 Å². The van der Waals surface area contributed by atoms with Crippen molar-refractivity contribution in [3.63, 3.8) is 0 Å². The molecule has 4 heteroatoms. The number of carboxylic acids is 1. The van der Waals surface area contributed by atoms with Gasteiger partial charge in [-0.3, -0.25) is 4.79 Å². The summed E-state index contributed by atoms with van der Waals surface area (Å²) < 4.78 is 7.17. The number of aliphatic carboxylic acids is 1. The van der Waals surface area contributed by atoms with Gasteiger partial charge in [-0.15, -0.1) is 0 Å². The zero-order chi connectivity index (χ0) is 14.5. The van der Waals surface area contributed by atoms with Crippen LogP contribution >= 0.6 is 15.9 Å². The van der Waals surface area contributed by atoms with Crippen LogP contribution in [0.3, 0.4) is 0 Å². The third-order valence-corrected chi connectivity index (χ3v) is 4.93. The molecule has 0 amide bonds. The summed E-state index contributed by atoms with van der Waals surface area (Å²) in [4.78, 5) is 10.6. The molecule has 20 heavy (non-hydrogen) atoms. The van der Waals surface area contributed by atoms with Crippen molar-refractivity contribution >= 4 is 21.9 Å². The smallest absolute Gasteiger partial charge is 0.303 e. The molecule has 110 valence electrons. The molecule has 0 atom stereocenters. The number of carbonyl (C=O) groups is 1. The van der Waals surface area contributed by atoms with E-state index < -0.39 is 5.97 Å². The molecule has 0 saturated heterocycles. The summed E-state index contributed by atoms with van der Waals surface area (Å²) >= 11 is 3.52. The Morgan fingerprint density at radius 1 is 1.35 bits per heavy atom. The SMILES string of the molecule is Cc1c(Br)cccc1OC1CCC(CCC(=O)O)CC1. The number of carboxylic acid groups (broad SMARTS) is 1. The van der Waals surface area contributed by atoms with E-state index in [1.165, 1.54) is 0 Å². The molecule has 1 fully saturated rings. The predicted molar refractivity (Wildman–Crippen MR) is 82.1 cm³/mol. The van der Waals surface area contributed by atoms with Gasteiger partial charge in [0.1, 0.15) is 5.75 Å². The number of ether oxygens (including phenoxy) is 1. The van der Waals surface area contributed by atoms with Gasteiger partial charge in [-0.05, 0) is 57.1 Å². The highest BCUT2D eigenvalue weighted by Crippen LogP contribution is 2.32. The molecule has 1 saturated carbocycles. The molecule has 3 nitrogen and oxygen atoms in total. The van der Waals surface area contributed by atoms with Crippen LogP contribution in [0.25, 0.3) is 0 Å². The molecule has 1 N–H and O–H groups in total. The number of hydrogen-bond donors (Lipinski definition) is 1. The number of hydrogen-bond acceptors (Lipinski definition) is 2. The van der Waals surface area contributed by atoms with Gasteiger partial charge >= 0.3 is 5.97 Å². The fourth-order valence-corrected chi connectivity index (χ4v) is 3.11. The lowest BCUT2D eigenvalue weighted by Gasteiger charge is -2.29. The Bertz CT molecular complexity index is 465. The highest BCUT2D eigenvalue weighted by molar-refractivity contribution is 9.10. The molecule has 0 bridgehead atoms. The Labute approximate surface area is 128 Å². The average molecular weight is 341 g/mol. The van der Waals surface area contributed by atoms with Crippen LogP contribution in [0.15, 0.2) is 22.7 Å². The molecule has 0 unspecified atom stereocenters. The van der Waals surface area contributed by atoms with Gasteiger partial charge in [-0.1, -0.05) is 22.0 Å². The van der Waals surface area contributed by atoms with Gasteiger partial charge < -0.3 is 9.84 Å². The van der Waals surface area contributed by atoms with Crippen LogP contribution in [0, 0.1) is 12.8 Å². The highest BCUT2D eigenvalue weighted by atomic mass is 79.9. The first-order valence-corrected chi connectivity index (χ1v) is 7.99. The van der Waals surface area contributed by atoms with Crippen LogP contribution in [0.4, 0.5) is 0 Å². The summed E-state index contributed by atoms with van der Waals surface area (Å²) in [5.74, 6) is 0.816. The van der Waals surface area contributed by atoms with Crippen LogP contribution in [-0.4, -0.2) is 17.2 Å². The molecule has 0 heterocycles. The Morgan fingerprint density at radius 3 is 2.70 bits per heavy atom. The predicted octanol–water partition coefficient (Wildman–Crippen LogP) is 4.56. The van der Waals surface area contributed by atoms with E-state index in [2.05, 4.69) is 22.9 Å². The van der Waals surface area contributed by atoms with E-state index in [0.717, 1.165) is 47.9 Å². The molecule has 1 aliphatic carbocycles. The Hall–Kier alpha value is -1.03. The Kier molecular flexibility index (Phi) is 5.46. The molecular formula is C16H21BrO3. The lowest BCUT2D eigenvalue weighted by molar-refractivity contribution is -0.137. The van der Waals surface area contributed by atoms with Crippen molar-refractivity contribution in [1.82, 2.24) is 0 Å². The Balaban J connectivity index is 1.82. The molecular weight excluding hydrogens is 320 g/mol. The normalized spacial score (nSPS) is 22.5. The van der Waals surface area contributed by atoms with Crippen LogP contribution in [0.5, 0.6) is 5.75 Å². The lowest BCUT2D eigenvalue weighted by Crippen LogP contribution is -2.24. The van der Waals surface area contributed by atoms with Crippen LogP contribution in [0.1, 0.15) is 44.1 Å². The number of benzene rings is 1. The second kappa shape index (κ2) is 7.11. The molecule has 0 aromatic heterocycles. The largest absolute Gasteiger partial charge is 0.490 e. The van der Waals surface area contributed by atoms with Gasteiger partial charge in [-0.2, -0.15) is 0 Å². The topological polar surface area (TPSA) is 46.5 Å². The van der Waals surface area contributed by atoms with Crippen LogP contribution in [-0.2, 0) is 4.79 Å². The molecule has 1 aromatic rings. The maximum absolute atomic E-state index is 10.6. The summed E-state index contributed by atoms with van der Waals surface area (Å²) in [6, 6.07) is 6.02. The maximum Gasteiger partial charge on any atom is 0.303 e.